The summed E-state index contributed by atoms with van der Waals surface area (Å²) in [4.78, 5) is 0. The lowest BCUT2D eigenvalue weighted by atomic mass is 9.85. The molecule has 0 aromatic heterocycles. The van der Waals surface area contributed by atoms with Crippen LogP contribution in [0.4, 0.5) is 13.2 Å². The molecule has 112 valence electrons. The van der Waals surface area contributed by atoms with Crippen molar-refractivity contribution in [1.82, 2.24) is 5.32 Å². The number of hydrogen-bond acceptors (Lipinski definition) is 3. The SMILES string of the molecule is Oc1ccc(CNC2CCCC(C(F)(F)F)C2)cc1O. The van der Waals surface area contributed by atoms with Crippen molar-refractivity contribution in [3.63, 3.8) is 0 Å². The highest BCUT2D eigenvalue weighted by Crippen LogP contribution is 2.37. The Morgan fingerprint density at radius 1 is 1.15 bits per heavy atom. The average Bonchev–Trinajstić information content (AvgIpc) is 2.39. The highest BCUT2D eigenvalue weighted by atomic mass is 19.4. The molecule has 20 heavy (non-hydrogen) atoms. The zero-order valence-electron chi connectivity index (χ0n) is 11.0. The summed E-state index contributed by atoms with van der Waals surface area (Å²) in [7, 11) is 0. The Morgan fingerprint density at radius 3 is 2.55 bits per heavy atom. The van der Waals surface area contributed by atoms with Crippen molar-refractivity contribution in [1.29, 1.82) is 0 Å². The van der Waals surface area contributed by atoms with Crippen molar-refractivity contribution in [2.45, 2.75) is 44.4 Å². The predicted octanol–water partition coefficient (Wildman–Crippen LogP) is 3.31. The van der Waals surface area contributed by atoms with E-state index in [1.54, 1.807) is 6.07 Å². The van der Waals surface area contributed by atoms with Gasteiger partial charge < -0.3 is 15.5 Å². The number of nitrogens with one attached hydrogen (secondary N) is 1. The second-order valence-corrected chi connectivity index (χ2v) is 5.31. The monoisotopic (exact) mass is 289 g/mol. The smallest absolute Gasteiger partial charge is 0.391 e. The van der Waals surface area contributed by atoms with Crippen molar-refractivity contribution < 1.29 is 23.4 Å². The van der Waals surface area contributed by atoms with E-state index in [9.17, 15) is 23.4 Å². The number of rotatable bonds is 3. The maximum absolute atomic E-state index is 12.7. The topological polar surface area (TPSA) is 52.5 Å². The Hall–Kier alpha value is -1.43. The highest BCUT2D eigenvalue weighted by molar-refractivity contribution is 5.40. The summed E-state index contributed by atoms with van der Waals surface area (Å²) in [6.45, 7) is 0.378. The van der Waals surface area contributed by atoms with Gasteiger partial charge in [-0.15, -0.1) is 0 Å². The molecule has 0 spiro atoms. The van der Waals surface area contributed by atoms with E-state index in [0.717, 1.165) is 12.0 Å². The second kappa shape index (κ2) is 5.91. The van der Waals surface area contributed by atoms with E-state index in [-0.39, 0.29) is 30.4 Å². The van der Waals surface area contributed by atoms with Gasteiger partial charge in [0.25, 0.3) is 0 Å². The molecule has 1 aromatic rings. The third-order valence-corrected chi connectivity index (χ3v) is 3.77. The van der Waals surface area contributed by atoms with E-state index in [1.165, 1.54) is 12.1 Å². The number of halogens is 3. The molecule has 2 unspecified atom stereocenters. The molecule has 3 N–H and O–H groups in total. The molecule has 1 saturated carbocycles. The summed E-state index contributed by atoms with van der Waals surface area (Å²) < 4.78 is 38.1. The van der Waals surface area contributed by atoms with E-state index in [0.29, 0.717) is 13.0 Å². The number of aromatic hydroxyl groups is 2. The van der Waals surface area contributed by atoms with Gasteiger partial charge in [-0.2, -0.15) is 13.2 Å². The maximum Gasteiger partial charge on any atom is 0.391 e. The van der Waals surface area contributed by atoms with E-state index >= 15 is 0 Å². The first-order chi connectivity index (χ1) is 9.36. The molecular weight excluding hydrogens is 271 g/mol. The standard InChI is InChI=1S/C14H18F3NO2/c15-14(16,17)10-2-1-3-11(7-10)18-8-9-4-5-12(19)13(20)6-9/h4-6,10-11,18-20H,1-3,7-8H2. The van der Waals surface area contributed by atoms with E-state index in [1.807, 2.05) is 0 Å². The van der Waals surface area contributed by atoms with Gasteiger partial charge in [-0.05, 0) is 37.0 Å². The third-order valence-electron chi connectivity index (χ3n) is 3.77. The molecule has 1 aliphatic rings. The molecular formula is C14H18F3NO2. The highest BCUT2D eigenvalue weighted by Gasteiger charge is 2.41. The average molecular weight is 289 g/mol. The first kappa shape index (κ1) is 15.0. The van der Waals surface area contributed by atoms with Crippen LogP contribution in [0.3, 0.4) is 0 Å². The van der Waals surface area contributed by atoms with E-state index in [2.05, 4.69) is 5.32 Å². The minimum absolute atomic E-state index is 0.105. The molecule has 0 heterocycles. The third kappa shape index (κ3) is 3.79. The van der Waals surface area contributed by atoms with Crippen LogP contribution < -0.4 is 5.32 Å². The van der Waals surface area contributed by atoms with Crippen LogP contribution in [0, 0.1) is 5.92 Å². The molecule has 1 aliphatic carbocycles. The number of hydrogen-bond donors (Lipinski definition) is 3. The van der Waals surface area contributed by atoms with E-state index < -0.39 is 12.1 Å². The fourth-order valence-corrected chi connectivity index (χ4v) is 2.61. The number of benzene rings is 1. The Balaban J connectivity index is 1.88. The molecule has 1 fully saturated rings. The van der Waals surface area contributed by atoms with Crippen LogP contribution >= 0.6 is 0 Å². The first-order valence-electron chi connectivity index (χ1n) is 6.67. The molecule has 2 atom stereocenters. The van der Waals surface area contributed by atoms with Gasteiger partial charge in [0.15, 0.2) is 11.5 Å². The quantitative estimate of drug-likeness (QED) is 0.748. The van der Waals surface area contributed by atoms with Gasteiger partial charge in [-0.1, -0.05) is 12.5 Å². The summed E-state index contributed by atoms with van der Waals surface area (Å²) in [5.74, 6) is -1.65. The fraction of sp³-hybridized carbons (Fsp3) is 0.571. The van der Waals surface area contributed by atoms with Crippen molar-refractivity contribution in [2.75, 3.05) is 0 Å². The van der Waals surface area contributed by atoms with Crippen molar-refractivity contribution >= 4 is 0 Å². The fourth-order valence-electron chi connectivity index (χ4n) is 2.61. The summed E-state index contributed by atoms with van der Waals surface area (Å²) in [5, 5.41) is 21.6. The van der Waals surface area contributed by atoms with Gasteiger partial charge in [0.05, 0.1) is 5.92 Å². The van der Waals surface area contributed by atoms with Crippen molar-refractivity contribution in [2.24, 2.45) is 5.92 Å². The Kier molecular flexibility index (Phi) is 4.42. The molecule has 1 aromatic carbocycles. The van der Waals surface area contributed by atoms with Gasteiger partial charge >= 0.3 is 6.18 Å². The molecule has 0 saturated heterocycles. The minimum Gasteiger partial charge on any atom is -0.504 e. The Morgan fingerprint density at radius 2 is 1.90 bits per heavy atom. The normalized spacial score (nSPS) is 23.8. The molecule has 2 rings (SSSR count). The molecule has 0 radical (unpaired) electrons. The summed E-state index contributed by atoms with van der Waals surface area (Å²) >= 11 is 0. The Bertz CT molecular complexity index is 462. The number of alkyl halides is 3. The Labute approximate surface area is 115 Å². The maximum atomic E-state index is 12.7. The van der Waals surface area contributed by atoms with Crippen LogP contribution in [-0.2, 0) is 6.54 Å². The number of phenolic OH excluding ortho intramolecular Hbond substituents is 2. The predicted molar refractivity (Wildman–Crippen MR) is 68.4 cm³/mol. The second-order valence-electron chi connectivity index (χ2n) is 5.31. The van der Waals surface area contributed by atoms with Gasteiger partial charge in [0, 0.05) is 12.6 Å². The summed E-state index contributed by atoms with van der Waals surface area (Å²) in [5.41, 5.74) is 0.731. The molecule has 0 amide bonds. The van der Waals surface area contributed by atoms with Crippen LogP contribution in [0.15, 0.2) is 18.2 Å². The zero-order valence-corrected chi connectivity index (χ0v) is 11.0. The summed E-state index contributed by atoms with van der Waals surface area (Å²) in [6.07, 6.45) is -2.49. The molecule has 0 aliphatic heterocycles. The van der Waals surface area contributed by atoms with Crippen LogP contribution in [0.25, 0.3) is 0 Å². The lowest BCUT2D eigenvalue weighted by Gasteiger charge is -2.31. The van der Waals surface area contributed by atoms with Gasteiger partial charge in [0.2, 0.25) is 0 Å². The largest absolute Gasteiger partial charge is 0.504 e. The zero-order chi connectivity index (χ0) is 14.8. The van der Waals surface area contributed by atoms with Gasteiger partial charge in [-0.25, -0.2) is 0 Å². The van der Waals surface area contributed by atoms with Crippen LogP contribution in [0.1, 0.15) is 31.2 Å². The van der Waals surface area contributed by atoms with Gasteiger partial charge in [0.1, 0.15) is 0 Å². The van der Waals surface area contributed by atoms with Crippen molar-refractivity contribution in [3.8, 4) is 11.5 Å². The van der Waals surface area contributed by atoms with Crippen LogP contribution in [0.5, 0.6) is 11.5 Å². The molecule has 3 nitrogen and oxygen atoms in total. The van der Waals surface area contributed by atoms with Gasteiger partial charge in [-0.3, -0.25) is 0 Å². The molecule has 6 heteroatoms. The summed E-state index contributed by atoms with van der Waals surface area (Å²) in [6, 6.07) is 4.25. The van der Waals surface area contributed by atoms with Crippen LogP contribution in [-0.4, -0.2) is 22.4 Å². The van der Waals surface area contributed by atoms with Crippen molar-refractivity contribution in [3.05, 3.63) is 23.8 Å². The lowest BCUT2D eigenvalue weighted by molar-refractivity contribution is -0.183. The molecule has 0 bridgehead atoms. The van der Waals surface area contributed by atoms with Crippen LogP contribution in [0.2, 0.25) is 0 Å². The van der Waals surface area contributed by atoms with E-state index in [4.69, 9.17) is 0 Å². The number of phenols is 2. The lowest BCUT2D eigenvalue weighted by Crippen LogP contribution is -2.38. The minimum atomic E-state index is -4.11. The first-order valence-corrected chi connectivity index (χ1v) is 6.67.